The van der Waals surface area contributed by atoms with E-state index in [1.54, 1.807) is 35.5 Å². The fourth-order valence-electron chi connectivity index (χ4n) is 2.91. The molecule has 1 saturated heterocycles. The van der Waals surface area contributed by atoms with Crippen molar-refractivity contribution in [2.75, 3.05) is 18.1 Å². The van der Waals surface area contributed by atoms with Crippen LogP contribution in [0.5, 0.6) is 5.75 Å². The van der Waals surface area contributed by atoms with Gasteiger partial charge in [0.25, 0.3) is 11.8 Å². The molecule has 0 bridgehead atoms. The summed E-state index contributed by atoms with van der Waals surface area (Å²) in [5.41, 5.74) is 2.00. The minimum atomic E-state index is -0.209. The number of carbonyl (C=O) groups excluding carboxylic acids is 2. The lowest BCUT2D eigenvalue weighted by molar-refractivity contribution is -0.115. The summed E-state index contributed by atoms with van der Waals surface area (Å²) in [6.07, 6.45) is 5.68. The number of carbonyl (C=O) groups is 2. The second-order valence-electron chi connectivity index (χ2n) is 5.98. The molecular weight excluding hydrogens is 382 g/mol. The van der Waals surface area contributed by atoms with Crippen LogP contribution in [0.4, 0.5) is 5.69 Å². The first-order valence-electron chi connectivity index (χ1n) is 8.35. The summed E-state index contributed by atoms with van der Waals surface area (Å²) in [6.45, 7) is 1.08. The number of thioether (sulfide) groups is 1. The Labute approximate surface area is 165 Å². The number of amides is 2. The third kappa shape index (κ3) is 3.72. The normalized spacial score (nSPS) is 17.9. The molecule has 27 heavy (non-hydrogen) atoms. The second kappa shape index (κ2) is 7.50. The smallest absolute Gasteiger partial charge is 0.263 e. The minimum Gasteiger partial charge on any atom is -0.491 e. The van der Waals surface area contributed by atoms with Gasteiger partial charge in [0.1, 0.15) is 10.1 Å². The van der Waals surface area contributed by atoms with Gasteiger partial charge in [-0.1, -0.05) is 30.0 Å². The molecule has 8 heteroatoms. The topological polar surface area (TPSA) is 71.5 Å². The number of nitrogens with one attached hydrogen (secondary N) is 1. The van der Waals surface area contributed by atoms with E-state index in [9.17, 15) is 9.59 Å². The van der Waals surface area contributed by atoms with Crippen molar-refractivity contribution >= 4 is 51.9 Å². The van der Waals surface area contributed by atoms with Crippen LogP contribution in [0.1, 0.15) is 22.3 Å². The summed E-state index contributed by atoms with van der Waals surface area (Å²) in [7, 11) is 0. The van der Waals surface area contributed by atoms with Gasteiger partial charge in [-0.15, -0.1) is 0 Å². The number of anilines is 1. The molecule has 0 saturated carbocycles. The zero-order valence-electron chi connectivity index (χ0n) is 14.2. The summed E-state index contributed by atoms with van der Waals surface area (Å²) in [6, 6.07) is 9.03. The molecule has 0 radical (unpaired) electrons. The number of aromatic nitrogens is 1. The van der Waals surface area contributed by atoms with E-state index in [2.05, 4.69) is 10.3 Å². The summed E-state index contributed by atoms with van der Waals surface area (Å²) in [5.74, 6) is 0.305. The Hall–Kier alpha value is -2.71. The van der Waals surface area contributed by atoms with Gasteiger partial charge in [0.2, 0.25) is 0 Å². The van der Waals surface area contributed by atoms with Gasteiger partial charge in [0.15, 0.2) is 0 Å². The van der Waals surface area contributed by atoms with Gasteiger partial charge in [0, 0.05) is 18.9 Å². The fraction of sp³-hybridized carbons (Fsp3) is 0.158. The summed E-state index contributed by atoms with van der Waals surface area (Å²) in [4.78, 5) is 31.2. The Morgan fingerprint density at radius 2 is 2.26 bits per heavy atom. The van der Waals surface area contributed by atoms with E-state index in [1.807, 2.05) is 18.2 Å². The molecule has 1 aromatic carbocycles. The Morgan fingerprint density at radius 3 is 3.00 bits per heavy atom. The monoisotopic (exact) mass is 397 g/mol. The number of nitrogens with zero attached hydrogens (tertiary/aromatic N) is 2. The highest BCUT2D eigenvalue weighted by Crippen LogP contribution is 2.35. The van der Waals surface area contributed by atoms with Crippen LogP contribution in [0.3, 0.4) is 0 Å². The Bertz CT molecular complexity index is 960. The van der Waals surface area contributed by atoms with E-state index >= 15 is 0 Å². The average Bonchev–Trinajstić information content (AvgIpc) is 2.88. The van der Waals surface area contributed by atoms with Crippen molar-refractivity contribution in [3.05, 3.63) is 58.8 Å². The number of thiocarbonyl (C=S) groups is 1. The van der Waals surface area contributed by atoms with Crippen molar-refractivity contribution in [1.82, 2.24) is 10.3 Å². The average molecular weight is 397 g/mol. The van der Waals surface area contributed by atoms with Gasteiger partial charge in [-0.25, -0.2) is 0 Å². The lowest BCUT2D eigenvalue weighted by atomic mass is 10.1. The standard InChI is InChI=1S/C19H15N3O3S2/c23-17-16(27-19(26)21-17)10-12-4-5-15-14(9-12)22(7-2-8-25-15)18(24)13-3-1-6-20-11-13/h1,3-6,9-11H,2,7-8H2,(H,21,23,26). The number of ether oxygens (including phenoxy) is 1. The summed E-state index contributed by atoms with van der Waals surface area (Å²) in [5, 5.41) is 2.60. The van der Waals surface area contributed by atoms with Crippen LogP contribution in [0, 0.1) is 0 Å². The Kier molecular flexibility index (Phi) is 4.91. The SMILES string of the molecule is O=C1NC(=S)SC1=Cc1ccc2c(c1)N(C(=O)c1cccnc1)CCCO2. The maximum Gasteiger partial charge on any atom is 0.263 e. The van der Waals surface area contributed by atoms with Crippen molar-refractivity contribution in [2.45, 2.75) is 6.42 Å². The first-order chi connectivity index (χ1) is 13.1. The van der Waals surface area contributed by atoms with E-state index in [4.69, 9.17) is 17.0 Å². The molecule has 0 atom stereocenters. The zero-order chi connectivity index (χ0) is 18.8. The fourth-order valence-corrected chi connectivity index (χ4v) is 3.96. The minimum absolute atomic E-state index is 0.131. The molecule has 1 N–H and O–H groups in total. The molecule has 1 aromatic heterocycles. The van der Waals surface area contributed by atoms with Gasteiger partial charge >= 0.3 is 0 Å². The van der Waals surface area contributed by atoms with E-state index < -0.39 is 0 Å². The first kappa shape index (κ1) is 17.7. The number of benzene rings is 1. The van der Waals surface area contributed by atoms with Crippen molar-refractivity contribution < 1.29 is 14.3 Å². The van der Waals surface area contributed by atoms with E-state index in [0.717, 1.165) is 12.0 Å². The molecule has 4 rings (SSSR count). The van der Waals surface area contributed by atoms with Gasteiger partial charge < -0.3 is 15.0 Å². The molecule has 3 heterocycles. The van der Waals surface area contributed by atoms with Crippen LogP contribution < -0.4 is 15.0 Å². The van der Waals surface area contributed by atoms with Crippen molar-refractivity contribution in [3.8, 4) is 5.75 Å². The largest absolute Gasteiger partial charge is 0.491 e. The second-order valence-corrected chi connectivity index (χ2v) is 7.70. The van der Waals surface area contributed by atoms with Crippen LogP contribution in [-0.4, -0.2) is 34.3 Å². The number of rotatable bonds is 2. The number of hydrogen-bond acceptors (Lipinski definition) is 6. The summed E-state index contributed by atoms with van der Waals surface area (Å²) >= 11 is 6.25. The van der Waals surface area contributed by atoms with Crippen molar-refractivity contribution in [1.29, 1.82) is 0 Å². The van der Waals surface area contributed by atoms with E-state index in [1.165, 1.54) is 11.8 Å². The Morgan fingerprint density at radius 1 is 1.37 bits per heavy atom. The van der Waals surface area contributed by atoms with E-state index in [0.29, 0.717) is 39.4 Å². The first-order valence-corrected chi connectivity index (χ1v) is 9.58. The van der Waals surface area contributed by atoms with Gasteiger partial charge in [-0.05, 0) is 42.3 Å². The van der Waals surface area contributed by atoms with Gasteiger partial charge in [-0.3, -0.25) is 14.6 Å². The molecule has 1 fully saturated rings. The number of pyridine rings is 1. The van der Waals surface area contributed by atoms with Crippen LogP contribution in [-0.2, 0) is 4.79 Å². The molecule has 2 amide bonds. The lowest BCUT2D eigenvalue weighted by Gasteiger charge is -2.22. The molecule has 0 unspecified atom stereocenters. The maximum absolute atomic E-state index is 13.0. The predicted octanol–water partition coefficient (Wildman–Crippen LogP) is 3.00. The molecule has 2 aliphatic heterocycles. The highest BCUT2D eigenvalue weighted by molar-refractivity contribution is 8.26. The van der Waals surface area contributed by atoms with Crippen LogP contribution in [0.2, 0.25) is 0 Å². The molecule has 2 aliphatic rings. The maximum atomic E-state index is 13.0. The number of fused-ring (bicyclic) bond motifs is 1. The molecular formula is C19H15N3O3S2. The number of hydrogen-bond donors (Lipinski definition) is 1. The molecule has 0 spiro atoms. The van der Waals surface area contributed by atoms with Crippen LogP contribution >= 0.6 is 24.0 Å². The third-order valence-corrected chi connectivity index (χ3v) is 5.31. The van der Waals surface area contributed by atoms with Crippen LogP contribution in [0.15, 0.2) is 47.6 Å². The van der Waals surface area contributed by atoms with Crippen LogP contribution in [0.25, 0.3) is 6.08 Å². The lowest BCUT2D eigenvalue weighted by Crippen LogP contribution is -2.31. The quantitative estimate of drug-likeness (QED) is 0.621. The molecule has 136 valence electrons. The Balaban J connectivity index is 1.72. The molecule has 2 aromatic rings. The third-order valence-electron chi connectivity index (χ3n) is 4.15. The highest BCUT2D eigenvalue weighted by atomic mass is 32.2. The van der Waals surface area contributed by atoms with Gasteiger partial charge in [0.05, 0.1) is 22.8 Å². The van der Waals surface area contributed by atoms with Gasteiger partial charge in [-0.2, -0.15) is 0 Å². The zero-order valence-corrected chi connectivity index (χ0v) is 15.8. The van der Waals surface area contributed by atoms with Crippen molar-refractivity contribution in [3.63, 3.8) is 0 Å². The van der Waals surface area contributed by atoms with E-state index in [-0.39, 0.29) is 11.8 Å². The van der Waals surface area contributed by atoms with Crippen molar-refractivity contribution in [2.24, 2.45) is 0 Å². The molecule has 0 aliphatic carbocycles. The predicted molar refractivity (Wildman–Crippen MR) is 109 cm³/mol. The highest BCUT2D eigenvalue weighted by Gasteiger charge is 2.25. The molecule has 6 nitrogen and oxygen atoms in total. The summed E-state index contributed by atoms with van der Waals surface area (Å²) < 4.78 is 6.23.